The lowest BCUT2D eigenvalue weighted by molar-refractivity contribution is -0.120. The number of para-hydroxylation sites is 1. The first-order chi connectivity index (χ1) is 15.7. The third kappa shape index (κ3) is 7.07. The molecule has 2 amide bonds. The standard InChI is InChI=1S/C25H33N3O4/c29-16-14-27-25(31)20-11-12-23-21(17-20)18-26-13-7-2-1-3-8-15-28(23)24(30)19-32-22-9-5-4-6-10-22/h4-6,9-12,17,26,29H,1-3,7-8,13-16,18-19H2,(H,27,31). The van der Waals surface area contributed by atoms with E-state index in [2.05, 4.69) is 10.6 Å². The van der Waals surface area contributed by atoms with Crippen molar-refractivity contribution in [3.05, 3.63) is 59.7 Å². The number of ether oxygens (including phenoxy) is 1. The number of nitrogens with zero attached hydrogens (tertiary/aromatic N) is 1. The second-order valence-corrected chi connectivity index (χ2v) is 7.91. The molecular weight excluding hydrogens is 406 g/mol. The first-order valence-corrected chi connectivity index (χ1v) is 11.4. The van der Waals surface area contributed by atoms with Gasteiger partial charge in [0.25, 0.3) is 11.8 Å². The molecule has 1 aliphatic rings. The summed E-state index contributed by atoms with van der Waals surface area (Å²) < 4.78 is 5.72. The molecule has 0 saturated carbocycles. The van der Waals surface area contributed by atoms with Crippen LogP contribution in [0.3, 0.4) is 0 Å². The van der Waals surface area contributed by atoms with Crippen LogP contribution in [0.4, 0.5) is 5.69 Å². The minimum absolute atomic E-state index is 0.0460. The molecule has 0 saturated heterocycles. The summed E-state index contributed by atoms with van der Waals surface area (Å²) in [7, 11) is 0. The van der Waals surface area contributed by atoms with Crippen LogP contribution in [0.25, 0.3) is 0 Å². The van der Waals surface area contributed by atoms with E-state index in [1.54, 1.807) is 11.0 Å². The smallest absolute Gasteiger partial charge is 0.264 e. The van der Waals surface area contributed by atoms with Gasteiger partial charge >= 0.3 is 0 Å². The molecule has 2 aromatic carbocycles. The average molecular weight is 440 g/mol. The molecule has 32 heavy (non-hydrogen) atoms. The normalized spacial score (nSPS) is 15.1. The van der Waals surface area contributed by atoms with E-state index in [1.807, 2.05) is 42.5 Å². The number of hydrogen-bond acceptors (Lipinski definition) is 5. The number of amides is 2. The molecule has 0 aliphatic carbocycles. The van der Waals surface area contributed by atoms with Gasteiger partial charge in [-0.25, -0.2) is 0 Å². The van der Waals surface area contributed by atoms with Gasteiger partial charge < -0.3 is 25.4 Å². The lowest BCUT2D eigenvalue weighted by atomic mass is 10.0. The molecule has 3 N–H and O–H groups in total. The highest BCUT2D eigenvalue weighted by atomic mass is 16.5. The number of fused-ring (bicyclic) bond motifs is 1. The van der Waals surface area contributed by atoms with Gasteiger partial charge in [0.05, 0.1) is 6.61 Å². The minimum atomic E-state index is -0.238. The molecule has 7 nitrogen and oxygen atoms in total. The number of aliphatic hydroxyl groups excluding tert-OH is 1. The van der Waals surface area contributed by atoms with Crippen molar-refractivity contribution in [2.24, 2.45) is 0 Å². The van der Waals surface area contributed by atoms with Gasteiger partial charge in [0.15, 0.2) is 6.61 Å². The second-order valence-electron chi connectivity index (χ2n) is 7.91. The fraction of sp³-hybridized carbons (Fsp3) is 0.440. The quantitative estimate of drug-likeness (QED) is 0.644. The van der Waals surface area contributed by atoms with Crippen LogP contribution in [0.5, 0.6) is 5.75 Å². The van der Waals surface area contributed by atoms with Crippen LogP contribution < -0.4 is 20.3 Å². The van der Waals surface area contributed by atoms with Crippen molar-refractivity contribution in [2.45, 2.75) is 38.6 Å². The van der Waals surface area contributed by atoms with Gasteiger partial charge in [0.1, 0.15) is 5.75 Å². The monoisotopic (exact) mass is 439 g/mol. The summed E-state index contributed by atoms with van der Waals surface area (Å²) in [6.45, 7) is 2.12. The number of aliphatic hydroxyl groups is 1. The Labute approximate surface area is 189 Å². The van der Waals surface area contributed by atoms with Crippen molar-refractivity contribution in [3.63, 3.8) is 0 Å². The van der Waals surface area contributed by atoms with Crippen molar-refractivity contribution in [3.8, 4) is 5.75 Å². The topological polar surface area (TPSA) is 90.9 Å². The largest absolute Gasteiger partial charge is 0.484 e. The molecule has 172 valence electrons. The highest BCUT2D eigenvalue weighted by Gasteiger charge is 2.21. The van der Waals surface area contributed by atoms with E-state index in [-0.39, 0.29) is 31.6 Å². The second kappa shape index (κ2) is 12.8. The zero-order valence-electron chi connectivity index (χ0n) is 18.5. The predicted octanol–water partition coefficient (Wildman–Crippen LogP) is 2.87. The zero-order chi connectivity index (χ0) is 22.6. The Morgan fingerprint density at radius 3 is 2.62 bits per heavy atom. The average Bonchev–Trinajstić information content (AvgIpc) is 2.82. The molecule has 3 rings (SSSR count). The highest BCUT2D eigenvalue weighted by molar-refractivity contribution is 5.98. The Bertz CT molecular complexity index is 873. The molecule has 1 aliphatic heterocycles. The molecule has 0 fully saturated rings. The van der Waals surface area contributed by atoms with Crippen LogP contribution in [0.15, 0.2) is 48.5 Å². The summed E-state index contributed by atoms with van der Waals surface area (Å²) in [6.07, 6.45) is 5.41. The van der Waals surface area contributed by atoms with Crippen molar-refractivity contribution in [1.29, 1.82) is 0 Å². The lowest BCUT2D eigenvalue weighted by Gasteiger charge is -2.26. The first kappa shape index (κ1) is 23.8. The summed E-state index contributed by atoms with van der Waals surface area (Å²) in [5, 5.41) is 15.1. The summed E-state index contributed by atoms with van der Waals surface area (Å²) in [4.78, 5) is 27.4. The predicted molar refractivity (Wildman–Crippen MR) is 125 cm³/mol. The van der Waals surface area contributed by atoms with Crippen LogP contribution in [0.2, 0.25) is 0 Å². The number of rotatable bonds is 6. The van der Waals surface area contributed by atoms with E-state index in [9.17, 15) is 9.59 Å². The Balaban J connectivity index is 1.83. The van der Waals surface area contributed by atoms with Crippen LogP contribution in [0.1, 0.15) is 48.0 Å². The molecule has 0 aromatic heterocycles. The van der Waals surface area contributed by atoms with E-state index in [0.717, 1.165) is 49.9 Å². The van der Waals surface area contributed by atoms with Gasteiger partial charge in [-0.3, -0.25) is 9.59 Å². The zero-order valence-corrected chi connectivity index (χ0v) is 18.5. The summed E-state index contributed by atoms with van der Waals surface area (Å²) in [6, 6.07) is 14.7. The molecule has 0 atom stereocenters. The van der Waals surface area contributed by atoms with E-state index < -0.39 is 0 Å². The number of nitrogens with one attached hydrogen (secondary N) is 2. The van der Waals surface area contributed by atoms with Crippen molar-refractivity contribution < 1.29 is 19.4 Å². The fourth-order valence-electron chi connectivity index (χ4n) is 3.80. The van der Waals surface area contributed by atoms with Crippen molar-refractivity contribution in [2.75, 3.05) is 37.7 Å². The third-order valence-corrected chi connectivity index (χ3v) is 5.49. The summed E-state index contributed by atoms with van der Waals surface area (Å²) >= 11 is 0. The van der Waals surface area contributed by atoms with E-state index in [0.29, 0.717) is 24.4 Å². The van der Waals surface area contributed by atoms with Crippen molar-refractivity contribution >= 4 is 17.5 Å². The van der Waals surface area contributed by atoms with Crippen molar-refractivity contribution in [1.82, 2.24) is 10.6 Å². The van der Waals surface area contributed by atoms with Gasteiger partial charge in [-0.2, -0.15) is 0 Å². The highest BCUT2D eigenvalue weighted by Crippen LogP contribution is 2.24. The van der Waals surface area contributed by atoms with Gasteiger partial charge in [-0.1, -0.05) is 37.5 Å². The molecule has 0 bridgehead atoms. The summed E-state index contributed by atoms with van der Waals surface area (Å²) in [5.74, 6) is 0.316. The molecule has 2 aromatic rings. The van der Waals surface area contributed by atoms with Gasteiger partial charge in [0, 0.05) is 30.9 Å². The number of carbonyl (C=O) groups excluding carboxylic acids is 2. The molecule has 7 heteroatoms. The Morgan fingerprint density at radius 2 is 1.81 bits per heavy atom. The van der Waals surface area contributed by atoms with Gasteiger partial charge in [0.2, 0.25) is 0 Å². The number of anilines is 1. The number of carbonyl (C=O) groups is 2. The Kier molecular flexibility index (Phi) is 9.53. The van der Waals surface area contributed by atoms with E-state index >= 15 is 0 Å². The first-order valence-electron chi connectivity index (χ1n) is 11.4. The number of hydrogen-bond donors (Lipinski definition) is 3. The van der Waals surface area contributed by atoms with Crippen LogP contribution in [-0.4, -0.2) is 49.8 Å². The van der Waals surface area contributed by atoms with E-state index in [1.165, 1.54) is 0 Å². The van der Waals surface area contributed by atoms with Crippen LogP contribution in [-0.2, 0) is 11.3 Å². The van der Waals surface area contributed by atoms with E-state index in [4.69, 9.17) is 9.84 Å². The molecule has 0 spiro atoms. The lowest BCUT2D eigenvalue weighted by Crippen LogP contribution is -2.37. The fourth-order valence-corrected chi connectivity index (χ4v) is 3.80. The molecule has 0 radical (unpaired) electrons. The maximum atomic E-state index is 13.2. The molecule has 0 unspecified atom stereocenters. The maximum Gasteiger partial charge on any atom is 0.264 e. The Hall–Kier alpha value is -2.90. The third-order valence-electron chi connectivity index (χ3n) is 5.49. The van der Waals surface area contributed by atoms with Crippen LogP contribution >= 0.6 is 0 Å². The SMILES string of the molecule is O=C(NCCO)c1ccc2c(c1)CNCCCCCCCN2C(=O)COc1ccccc1. The molecule has 1 heterocycles. The molecular formula is C25H33N3O4. The maximum absolute atomic E-state index is 13.2. The Morgan fingerprint density at radius 1 is 1.03 bits per heavy atom. The van der Waals surface area contributed by atoms with Gasteiger partial charge in [-0.05, 0) is 55.3 Å². The summed E-state index contributed by atoms with van der Waals surface area (Å²) in [5.41, 5.74) is 2.22. The van der Waals surface area contributed by atoms with Crippen LogP contribution in [0, 0.1) is 0 Å². The number of benzene rings is 2. The minimum Gasteiger partial charge on any atom is -0.484 e. The van der Waals surface area contributed by atoms with Gasteiger partial charge in [-0.15, -0.1) is 0 Å².